The fraction of sp³-hybridized carbons (Fsp3) is 0.154. The molecule has 3 nitrogen and oxygen atoms in total. The maximum absolute atomic E-state index is 13.5. The Kier molecular flexibility index (Phi) is 3.67. The highest BCUT2D eigenvalue weighted by Gasteiger charge is 2.05. The summed E-state index contributed by atoms with van der Waals surface area (Å²) < 4.78 is 13.5. The minimum atomic E-state index is -0.292. The van der Waals surface area contributed by atoms with Crippen LogP contribution in [0.15, 0.2) is 30.5 Å². The Balaban J connectivity index is 2.13. The topological polar surface area (TPSA) is 50.9 Å². The molecule has 0 aliphatic rings. The molecule has 3 N–H and O–H groups in total. The Bertz CT molecular complexity index is 572. The largest absolute Gasteiger partial charge is 0.397 e. The smallest absolute Gasteiger partial charge is 0.129 e. The molecule has 0 saturated carbocycles. The number of anilines is 2. The van der Waals surface area contributed by atoms with Crippen molar-refractivity contribution in [2.45, 2.75) is 13.5 Å². The molecule has 1 heterocycles. The van der Waals surface area contributed by atoms with Crippen LogP contribution in [0.4, 0.5) is 15.9 Å². The molecule has 94 valence electrons. The predicted molar refractivity (Wildman–Crippen MR) is 72.1 cm³/mol. The first-order valence-electron chi connectivity index (χ1n) is 5.46. The highest BCUT2D eigenvalue weighted by atomic mass is 35.5. The van der Waals surface area contributed by atoms with Crippen molar-refractivity contribution in [2.24, 2.45) is 0 Å². The van der Waals surface area contributed by atoms with E-state index in [1.54, 1.807) is 12.3 Å². The van der Waals surface area contributed by atoms with E-state index in [-0.39, 0.29) is 5.82 Å². The molecule has 18 heavy (non-hydrogen) atoms. The molecule has 0 aliphatic carbocycles. The van der Waals surface area contributed by atoms with Gasteiger partial charge >= 0.3 is 0 Å². The molecule has 0 fully saturated rings. The molecule has 0 unspecified atom stereocenters. The van der Waals surface area contributed by atoms with Gasteiger partial charge in [0.1, 0.15) is 11.6 Å². The number of rotatable bonds is 3. The fourth-order valence-corrected chi connectivity index (χ4v) is 1.83. The van der Waals surface area contributed by atoms with Gasteiger partial charge in [0, 0.05) is 17.1 Å². The summed E-state index contributed by atoms with van der Waals surface area (Å²) >= 11 is 5.82. The van der Waals surface area contributed by atoms with Gasteiger partial charge in [0.25, 0.3) is 0 Å². The molecule has 0 amide bonds. The normalized spacial score (nSPS) is 10.4. The van der Waals surface area contributed by atoms with Gasteiger partial charge in [-0.15, -0.1) is 0 Å². The van der Waals surface area contributed by atoms with Crippen molar-refractivity contribution in [1.82, 2.24) is 4.98 Å². The van der Waals surface area contributed by atoms with Gasteiger partial charge in [-0.1, -0.05) is 11.6 Å². The molecule has 1 aromatic heterocycles. The average Bonchev–Trinajstić information content (AvgIpc) is 2.32. The number of pyridine rings is 1. The number of nitrogens with zero attached hydrogens (tertiary/aromatic N) is 1. The summed E-state index contributed by atoms with van der Waals surface area (Å²) in [5.41, 5.74) is 7.63. The molecule has 2 rings (SSSR count). The first-order valence-corrected chi connectivity index (χ1v) is 5.84. The van der Waals surface area contributed by atoms with E-state index in [1.807, 2.05) is 13.0 Å². The Labute approximate surface area is 110 Å². The number of nitrogens with two attached hydrogens (primary N) is 1. The van der Waals surface area contributed by atoms with Gasteiger partial charge in [-0.25, -0.2) is 9.37 Å². The van der Waals surface area contributed by atoms with Crippen molar-refractivity contribution >= 4 is 23.1 Å². The molecule has 5 heteroatoms. The van der Waals surface area contributed by atoms with Crippen molar-refractivity contribution in [2.75, 3.05) is 11.1 Å². The Morgan fingerprint density at radius 2 is 2.17 bits per heavy atom. The number of hydrogen-bond donors (Lipinski definition) is 2. The third-order valence-corrected chi connectivity index (χ3v) is 2.79. The van der Waals surface area contributed by atoms with Gasteiger partial charge in [-0.05, 0) is 36.8 Å². The van der Waals surface area contributed by atoms with Crippen molar-refractivity contribution in [3.63, 3.8) is 0 Å². The van der Waals surface area contributed by atoms with Crippen LogP contribution in [0, 0.1) is 12.7 Å². The van der Waals surface area contributed by atoms with Crippen LogP contribution in [0.5, 0.6) is 0 Å². The highest BCUT2D eigenvalue weighted by molar-refractivity contribution is 6.30. The third-order valence-electron chi connectivity index (χ3n) is 2.55. The van der Waals surface area contributed by atoms with E-state index in [4.69, 9.17) is 17.3 Å². The summed E-state index contributed by atoms with van der Waals surface area (Å²) in [6, 6.07) is 6.27. The lowest BCUT2D eigenvalue weighted by molar-refractivity contribution is 0.613. The summed E-state index contributed by atoms with van der Waals surface area (Å²) in [7, 11) is 0. The van der Waals surface area contributed by atoms with Crippen LogP contribution in [0.3, 0.4) is 0 Å². The lowest BCUT2D eigenvalue weighted by Crippen LogP contribution is -2.05. The van der Waals surface area contributed by atoms with Crippen LogP contribution >= 0.6 is 11.6 Å². The van der Waals surface area contributed by atoms with Crippen LogP contribution in [0.25, 0.3) is 0 Å². The summed E-state index contributed by atoms with van der Waals surface area (Å²) in [5, 5.41) is 3.57. The molecular formula is C13H13ClFN3. The maximum atomic E-state index is 13.5. The Morgan fingerprint density at radius 1 is 1.39 bits per heavy atom. The van der Waals surface area contributed by atoms with Crippen molar-refractivity contribution in [3.8, 4) is 0 Å². The molecule has 1 aromatic carbocycles. The lowest BCUT2D eigenvalue weighted by Gasteiger charge is -2.10. The lowest BCUT2D eigenvalue weighted by atomic mass is 10.2. The van der Waals surface area contributed by atoms with Gasteiger partial charge in [0.05, 0.1) is 11.9 Å². The van der Waals surface area contributed by atoms with Crippen molar-refractivity contribution in [1.29, 1.82) is 0 Å². The molecule has 0 saturated heterocycles. The number of hydrogen-bond acceptors (Lipinski definition) is 3. The predicted octanol–water partition coefficient (Wildman–Crippen LogP) is 3.38. The number of benzene rings is 1. The highest BCUT2D eigenvalue weighted by Crippen LogP contribution is 2.18. The zero-order chi connectivity index (χ0) is 13.1. The van der Waals surface area contributed by atoms with E-state index in [2.05, 4.69) is 10.3 Å². The minimum Gasteiger partial charge on any atom is -0.397 e. The van der Waals surface area contributed by atoms with Gasteiger partial charge < -0.3 is 11.1 Å². The van der Waals surface area contributed by atoms with Gasteiger partial charge in [-0.2, -0.15) is 0 Å². The van der Waals surface area contributed by atoms with Gasteiger partial charge in [0.15, 0.2) is 0 Å². The first-order chi connectivity index (χ1) is 8.56. The Morgan fingerprint density at radius 3 is 2.89 bits per heavy atom. The van der Waals surface area contributed by atoms with Crippen molar-refractivity contribution in [3.05, 3.63) is 52.4 Å². The van der Waals surface area contributed by atoms with Crippen LogP contribution in [0.2, 0.25) is 5.02 Å². The van der Waals surface area contributed by atoms with E-state index in [0.29, 0.717) is 28.6 Å². The van der Waals surface area contributed by atoms with Crippen LogP contribution in [-0.4, -0.2) is 4.98 Å². The third kappa shape index (κ3) is 2.90. The van der Waals surface area contributed by atoms with E-state index >= 15 is 0 Å². The zero-order valence-corrected chi connectivity index (χ0v) is 10.6. The summed E-state index contributed by atoms with van der Waals surface area (Å²) in [6.45, 7) is 2.21. The van der Waals surface area contributed by atoms with Crippen LogP contribution in [0.1, 0.15) is 11.1 Å². The molecule has 0 atom stereocenters. The second kappa shape index (κ2) is 5.23. The summed E-state index contributed by atoms with van der Waals surface area (Å²) in [4.78, 5) is 4.15. The number of halogens is 2. The molecule has 0 radical (unpaired) electrons. The number of aryl methyl sites for hydroxylation is 1. The summed E-state index contributed by atoms with van der Waals surface area (Å²) in [6.07, 6.45) is 1.56. The van der Waals surface area contributed by atoms with Crippen LogP contribution in [-0.2, 0) is 6.54 Å². The monoisotopic (exact) mass is 265 g/mol. The summed E-state index contributed by atoms with van der Waals surface area (Å²) in [5.74, 6) is 0.392. The van der Waals surface area contributed by atoms with E-state index in [1.165, 1.54) is 12.1 Å². The fourth-order valence-electron chi connectivity index (χ4n) is 1.64. The second-order valence-corrected chi connectivity index (χ2v) is 4.46. The van der Waals surface area contributed by atoms with Gasteiger partial charge in [-0.3, -0.25) is 0 Å². The van der Waals surface area contributed by atoms with Crippen molar-refractivity contribution < 1.29 is 4.39 Å². The second-order valence-electron chi connectivity index (χ2n) is 4.02. The number of nitrogens with one attached hydrogen (secondary N) is 1. The van der Waals surface area contributed by atoms with E-state index < -0.39 is 0 Å². The molecule has 0 bridgehead atoms. The average molecular weight is 266 g/mol. The maximum Gasteiger partial charge on any atom is 0.129 e. The quantitative estimate of drug-likeness (QED) is 0.895. The first kappa shape index (κ1) is 12.6. The van der Waals surface area contributed by atoms with E-state index in [9.17, 15) is 4.39 Å². The molecule has 0 aliphatic heterocycles. The molecule has 0 spiro atoms. The van der Waals surface area contributed by atoms with E-state index in [0.717, 1.165) is 5.56 Å². The number of nitrogen functional groups attached to an aromatic ring is 1. The standard InChI is InChI=1S/C13H13ClFN3/c1-8-4-11(16)7-18-13(8)17-6-9-5-10(14)2-3-12(9)15/h2-5,7H,6,16H2,1H3,(H,17,18). The minimum absolute atomic E-state index is 0.292. The van der Waals surface area contributed by atoms with Gasteiger partial charge in [0.2, 0.25) is 0 Å². The zero-order valence-electron chi connectivity index (χ0n) is 9.87. The SMILES string of the molecule is Cc1cc(N)cnc1NCc1cc(Cl)ccc1F. The molecular weight excluding hydrogens is 253 g/mol. The Hall–Kier alpha value is -1.81. The number of aromatic nitrogens is 1. The van der Waals surface area contributed by atoms with Crippen LogP contribution < -0.4 is 11.1 Å². The molecule has 2 aromatic rings.